The van der Waals surface area contributed by atoms with E-state index < -0.39 is 11.9 Å². The zero-order chi connectivity index (χ0) is 23.1. The van der Waals surface area contributed by atoms with Crippen LogP contribution in [0.2, 0.25) is 5.02 Å². The summed E-state index contributed by atoms with van der Waals surface area (Å²) in [7, 11) is 0. The van der Waals surface area contributed by atoms with E-state index in [1.54, 1.807) is 30.3 Å². The number of hydrogen-bond acceptors (Lipinski definition) is 5. The van der Waals surface area contributed by atoms with Gasteiger partial charge in [-0.1, -0.05) is 11.6 Å². The van der Waals surface area contributed by atoms with Gasteiger partial charge in [0.15, 0.2) is 0 Å². The summed E-state index contributed by atoms with van der Waals surface area (Å²) in [4.78, 5) is 35.4. The van der Waals surface area contributed by atoms with Gasteiger partial charge in [-0.2, -0.15) is 0 Å². The number of phenols is 1. The first-order valence-corrected chi connectivity index (χ1v) is 10.8. The highest BCUT2D eigenvalue weighted by atomic mass is 35.5. The summed E-state index contributed by atoms with van der Waals surface area (Å²) in [5.74, 6) is -1.65. The number of nitrogens with one attached hydrogen (secondary N) is 2. The number of amides is 2. The Kier molecular flexibility index (Phi) is 7.94. The number of carbonyl (C=O) groups is 3. The molecule has 0 aliphatic heterocycles. The van der Waals surface area contributed by atoms with Crippen LogP contribution in [0.4, 0.5) is 0 Å². The van der Waals surface area contributed by atoms with Crippen molar-refractivity contribution in [3.63, 3.8) is 0 Å². The number of benzene rings is 2. The van der Waals surface area contributed by atoms with Crippen molar-refractivity contribution in [2.24, 2.45) is 5.92 Å². The molecule has 0 heterocycles. The molecule has 1 aliphatic carbocycles. The Balaban J connectivity index is 1.44. The fraction of sp³-hybridized carbons (Fsp3) is 0.348. The summed E-state index contributed by atoms with van der Waals surface area (Å²) in [5, 5.41) is 25.2. The second kappa shape index (κ2) is 10.9. The van der Waals surface area contributed by atoms with E-state index in [0.29, 0.717) is 42.0 Å². The van der Waals surface area contributed by atoms with Gasteiger partial charge in [-0.3, -0.25) is 14.4 Å². The molecule has 9 heteroatoms. The molecule has 0 radical (unpaired) electrons. The lowest BCUT2D eigenvalue weighted by atomic mass is 9.87. The van der Waals surface area contributed by atoms with Crippen LogP contribution in [-0.4, -0.2) is 47.2 Å². The van der Waals surface area contributed by atoms with Gasteiger partial charge in [-0.15, -0.1) is 0 Å². The molecule has 2 aromatic carbocycles. The number of hydrogen-bond donors (Lipinski definition) is 4. The third-order valence-electron chi connectivity index (χ3n) is 5.34. The topological polar surface area (TPSA) is 125 Å². The van der Waals surface area contributed by atoms with Crippen molar-refractivity contribution in [2.45, 2.75) is 31.8 Å². The molecular formula is C23H25ClN2O6. The van der Waals surface area contributed by atoms with Crippen molar-refractivity contribution in [3.8, 4) is 11.5 Å². The van der Waals surface area contributed by atoms with Crippen LogP contribution in [0.15, 0.2) is 42.5 Å². The molecule has 170 valence electrons. The van der Waals surface area contributed by atoms with Gasteiger partial charge in [0.1, 0.15) is 11.5 Å². The van der Waals surface area contributed by atoms with Crippen molar-refractivity contribution >= 4 is 29.4 Å². The fourth-order valence-corrected chi connectivity index (χ4v) is 3.67. The van der Waals surface area contributed by atoms with Crippen molar-refractivity contribution in [3.05, 3.63) is 58.6 Å². The Labute approximate surface area is 190 Å². The predicted octanol–water partition coefficient (Wildman–Crippen LogP) is 3.23. The summed E-state index contributed by atoms with van der Waals surface area (Å²) in [6, 6.07) is 10.9. The molecule has 0 atom stereocenters. The zero-order valence-corrected chi connectivity index (χ0v) is 18.1. The monoisotopic (exact) mass is 460 g/mol. The van der Waals surface area contributed by atoms with Crippen molar-refractivity contribution < 1.29 is 29.3 Å². The van der Waals surface area contributed by atoms with E-state index >= 15 is 0 Å². The van der Waals surface area contributed by atoms with E-state index in [1.807, 2.05) is 0 Å². The molecule has 32 heavy (non-hydrogen) atoms. The summed E-state index contributed by atoms with van der Waals surface area (Å²) in [5.41, 5.74) is 0.557. The zero-order valence-electron chi connectivity index (χ0n) is 17.3. The highest BCUT2D eigenvalue weighted by molar-refractivity contribution is 6.30. The molecule has 4 N–H and O–H groups in total. The number of carboxylic acids is 1. The molecule has 3 rings (SSSR count). The van der Waals surface area contributed by atoms with Crippen LogP contribution in [0.25, 0.3) is 0 Å². The van der Waals surface area contributed by atoms with Crippen LogP contribution in [-0.2, 0) is 4.79 Å². The Hall–Kier alpha value is -3.26. The minimum absolute atomic E-state index is 0.0935. The van der Waals surface area contributed by atoms with Gasteiger partial charge in [0, 0.05) is 29.7 Å². The number of phenolic OH excluding ortho intramolecular Hbond substituents is 1. The van der Waals surface area contributed by atoms with E-state index in [9.17, 15) is 19.5 Å². The quantitative estimate of drug-likeness (QED) is 0.448. The van der Waals surface area contributed by atoms with E-state index in [-0.39, 0.29) is 42.3 Å². The molecule has 1 saturated carbocycles. The molecule has 2 aromatic rings. The summed E-state index contributed by atoms with van der Waals surface area (Å²) in [6.45, 7) is 0.400. The fourth-order valence-electron chi connectivity index (χ4n) is 3.55. The maximum absolute atomic E-state index is 12.3. The van der Waals surface area contributed by atoms with Gasteiger partial charge in [0.05, 0.1) is 17.6 Å². The number of halogens is 1. The van der Waals surface area contributed by atoms with Crippen LogP contribution in [0, 0.1) is 5.92 Å². The molecule has 0 unspecified atom stereocenters. The molecule has 2 amide bonds. The smallest absolute Gasteiger partial charge is 0.306 e. The normalized spacial score (nSPS) is 17.9. The highest BCUT2D eigenvalue weighted by Gasteiger charge is 2.27. The molecule has 0 saturated heterocycles. The molecule has 0 aromatic heterocycles. The average Bonchev–Trinajstić information content (AvgIpc) is 2.77. The minimum atomic E-state index is -0.777. The number of carbonyl (C=O) groups excluding carboxylic acids is 2. The Bertz CT molecular complexity index is 971. The first kappa shape index (κ1) is 23.4. The lowest BCUT2D eigenvalue weighted by molar-refractivity contribution is -0.143. The van der Waals surface area contributed by atoms with Gasteiger partial charge >= 0.3 is 5.97 Å². The first-order chi connectivity index (χ1) is 15.3. The highest BCUT2D eigenvalue weighted by Crippen LogP contribution is 2.30. The first-order valence-electron chi connectivity index (χ1n) is 10.4. The SMILES string of the molecule is O=C(NCCNC(=O)c1ccc(OC2CCC(C(=O)O)CC2)cc1O)c1ccc(Cl)cc1. The second-order valence-corrected chi connectivity index (χ2v) is 8.06. The van der Waals surface area contributed by atoms with Crippen molar-refractivity contribution in [1.82, 2.24) is 10.6 Å². The third-order valence-corrected chi connectivity index (χ3v) is 5.59. The Morgan fingerprint density at radius 2 is 1.56 bits per heavy atom. The van der Waals surface area contributed by atoms with Gasteiger partial charge in [0.25, 0.3) is 11.8 Å². The number of carboxylic acid groups (broad SMARTS) is 1. The van der Waals surface area contributed by atoms with Crippen LogP contribution >= 0.6 is 11.6 Å². The van der Waals surface area contributed by atoms with E-state index in [2.05, 4.69) is 10.6 Å². The Morgan fingerprint density at radius 3 is 2.16 bits per heavy atom. The number of rotatable bonds is 8. The number of aromatic hydroxyl groups is 1. The van der Waals surface area contributed by atoms with Crippen LogP contribution in [0.1, 0.15) is 46.4 Å². The van der Waals surface area contributed by atoms with Crippen LogP contribution in [0.3, 0.4) is 0 Å². The van der Waals surface area contributed by atoms with Gasteiger partial charge < -0.3 is 25.6 Å². The molecule has 8 nitrogen and oxygen atoms in total. The number of aliphatic carboxylic acids is 1. The van der Waals surface area contributed by atoms with Gasteiger partial charge in [0.2, 0.25) is 0 Å². The van der Waals surface area contributed by atoms with Gasteiger partial charge in [-0.25, -0.2) is 0 Å². The number of ether oxygens (including phenoxy) is 1. The molecule has 0 spiro atoms. The average molecular weight is 461 g/mol. The van der Waals surface area contributed by atoms with Crippen molar-refractivity contribution in [1.29, 1.82) is 0 Å². The lowest BCUT2D eigenvalue weighted by Gasteiger charge is -2.26. The second-order valence-electron chi connectivity index (χ2n) is 7.63. The lowest BCUT2D eigenvalue weighted by Crippen LogP contribution is -2.34. The third kappa shape index (κ3) is 6.37. The van der Waals surface area contributed by atoms with Crippen LogP contribution in [0.5, 0.6) is 11.5 Å². The summed E-state index contributed by atoms with van der Waals surface area (Å²) in [6.07, 6.45) is 2.25. The summed E-state index contributed by atoms with van der Waals surface area (Å²) < 4.78 is 5.83. The summed E-state index contributed by atoms with van der Waals surface area (Å²) >= 11 is 5.80. The molecule has 0 bridgehead atoms. The van der Waals surface area contributed by atoms with E-state index in [0.717, 1.165) is 0 Å². The predicted molar refractivity (Wildman–Crippen MR) is 118 cm³/mol. The van der Waals surface area contributed by atoms with Gasteiger partial charge in [-0.05, 0) is 62.1 Å². The van der Waals surface area contributed by atoms with Crippen molar-refractivity contribution in [2.75, 3.05) is 13.1 Å². The largest absolute Gasteiger partial charge is 0.507 e. The van der Waals surface area contributed by atoms with Crippen LogP contribution < -0.4 is 15.4 Å². The maximum Gasteiger partial charge on any atom is 0.306 e. The molecular weight excluding hydrogens is 436 g/mol. The van der Waals surface area contributed by atoms with E-state index in [1.165, 1.54) is 12.1 Å². The Morgan fingerprint density at radius 1 is 0.938 bits per heavy atom. The molecule has 1 aliphatic rings. The minimum Gasteiger partial charge on any atom is -0.507 e. The standard InChI is InChI=1S/C23H25ClN2O6/c24-16-5-1-14(2-6-16)21(28)25-11-12-26-22(29)19-10-9-18(13-20(19)27)32-17-7-3-15(4-8-17)23(30)31/h1-2,5-6,9-10,13,15,17,27H,3-4,7-8,11-12H2,(H,25,28)(H,26,29)(H,30,31). The maximum atomic E-state index is 12.3. The van der Waals surface area contributed by atoms with E-state index in [4.69, 9.17) is 21.4 Å². The molecule has 1 fully saturated rings.